The molecule has 2 atom stereocenters. The van der Waals surface area contributed by atoms with E-state index in [9.17, 15) is 24.3 Å². The number of nitrogens with one attached hydrogen (secondary N) is 1. The van der Waals surface area contributed by atoms with E-state index in [0.29, 0.717) is 0 Å². The number of nitrogens with two attached hydrogens (primary N) is 1. The standard InChI is InChI=1S/C15H16N6O7S2.Na/c1-5(22)28-3-6-4-29-13-8(12(24)21(13)9(6)14(25)26)17-11(23)7(19-27-2)10-18-15(16)30-20-10;/h8,13H,3-4H2,1-2H3,(H,17,23)(H,25,26)(H2,16,18,20);/q;+1/p-1/b19-7-;/t8-,13+;/m1./s1. The van der Waals surface area contributed by atoms with E-state index in [4.69, 9.17) is 10.5 Å². The molecule has 3 heterocycles. The fraction of sp³-hybridized carbons (Fsp3) is 0.400. The van der Waals surface area contributed by atoms with Gasteiger partial charge >= 0.3 is 35.5 Å². The van der Waals surface area contributed by atoms with Crippen LogP contribution in [0.2, 0.25) is 0 Å². The van der Waals surface area contributed by atoms with Crippen molar-refractivity contribution in [2.24, 2.45) is 5.16 Å². The molecule has 0 unspecified atom stereocenters. The minimum atomic E-state index is -1.58. The van der Waals surface area contributed by atoms with Crippen LogP contribution in [-0.2, 0) is 28.8 Å². The molecule has 1 aromatic heterocycles. The second kappa shape index (κ2) is 10.4. The van der Waals surface area contributed by atoms with Gasteiger partial charge in [0, 0.05) is 29.8 Å². The van der Waals surface area contributed by atoms with Crippen LogP contribution in [0.3, 0.4) is 0 Å². The smallest absolute Gasteiger partial charge is 0.543 e. The quantitative estimate of drug-likeness (QED) is 0.125. The van der Waals surface area contributed by atoms with Crippen LogP contribution in [0.5, 0.6) is 0 Å². The van der Waals surface area contributed by atoms with Crippen LogP contribution in [0.1, 0.15) is 12.7 Å². The van der Waals surface area contributed by atoms with Crippen molar-refractivity contribution in [3.63, 3.8) is 0 Å². The zero-order valence-corrected chi connectivity index (χ0v) is 20.2. The Kier molecular flexibility index (Phi) is 8.41. The molecular formula is C15H15N6NaO7S2. The summed E-state index contributed by atoms with van der Waals surface area (Å²) < 4.78 is 8.73. The number of carbonyl (C=O) groups is 4. The molecule has 1 saturated heterocycles. The molecule has 1 aromatic rings. The maximum Gasteiger partial charge on any atom is 1.00 e. The Labute approximate surface area is 205 Å². The Morgan fingerprint density at radius 1 is 1.42 bits per heavy atom. The van der Waals surface area contributed by atoms with Gasteiger partial charge in [-0.3, -0.25) is 19.3 Å². The molecule has 0 bridgehead atoms. The number of anilines is 1. The number of carbonyl (C=O) groups excluding carboxylic acids is 4. The molecule has 0 aliphatic carbocycles. The van der Waals surface area contributed by atoms with Gasteiger partial charge in [-0.05, 0) is 0 Å². The predicted molar refractivity (Wildman–Crippen MR) is 102 cm³/mol. The van der Waals surface area contributed by atoms with Crippen molar-refractivity contribution < 1.29 is 63.4 Å². The molecule has 0 spiro atoms. The first-order chi connectivity index (χ1) is 14.2. The molecule has 0 aromatic carbocycles. The molecule has 3 rings (SSSR count). The number of rotatable bonds is 7. The predicted octanol–water partition coefficient (Wildman–Crippen LogP) is -5.56. The summed E-state index contributed by atoms with van der Waals surface area (Å²) in [6.45, 7) is 0.906. The summed E-state index contributed by atoms with van der Waals surface area (Å²) in [5.74, 6) is -3.53. The topological polar surface area (TPSA) is 189 Å². The average molecular weight is 478 g/mol. The fourth-order valence-electron chi connectivity index (χ4n) is 2.79. The zero-order valence-electron chi connectivity index (χ0n) is 16.6. The largest absolute Gasteiger partial charge is 1.00 e. The van der Waals surface area contributed by atoms with Crippen molar-refractivity contribution in [1.29, 1.82) is 0 Å². The summed E-state index contributed by atoms with van der Waals surface area (Å²) in [6, 6.07) is -1.02. The minimum absolute atomic E-state index is 0. The Morgan fingerprint density at radius 3 is 2.68 bits per heavy atom. The Hall–Kier alpha value is -2.20. The Balaban J connectivity index is 0.00000341. The molecule has 13 nitrogen and oxygen atoms in total. The SMILES string of the molecule is CO/N=C(\C(=O)N[C@@H]1C(=O)N2C(C(=O)[O-])=C(COC(C)=O)CS[C@@H]12)c1nsc(N)n1.[Na+]. The van der Waals surface area contributed by atoms with E-state index >= 15 is 0 Å². The second-order valence-electron chi connectivity index (χ2n) is 5.96. The summed E-state index contributed by atoms with van der Waals surface area (Å²) in [6.07, 6.45) is 0. The third kappa shape index (κ3) is 5.17. The van der Waals surface area contributed by atoms with Gasteiger partial charge in [0.05, 0.1) is 11.7 Å². The first kappa shape index (κ1) is 25.1. The molecule has 0 saturated carbocycles. The van der Waals surface area contributed by atoms with Gasteiger partial charge in [-0.1, -0.05) is 5.16 Å². The number of oxime groups is 1. The van der Waals surface area contributed by atoms with E-state index in [1.54, 1.807) is 0 Å². The number of aliphatic carboxylic acids is 1. The van der Waals surface area contributed by atoms with Crippen LogP contribution < -0.4 is 45.7 Å². The minimum Gasteiger partial charge on any atom is -0.543 e. The third-order valence-electron chi connectivity index (χ3n) is 4.03. The van der Waals surface area contributed by atoms with Crippen LogP contribution in [0, 0.1) is 0 Å². The summed E-state index contributed by atoms with van der Waals surface area (Å²) in [5, 5.41) is 17.1. The maximum atomic E-state index is 12.6. The van der Waals surface area contributed by atoms with E-state index in [2.05, 4.69) is 24.7 Å². The number of hydrogen-bond acceptors (Lipinski definition) is 13. The van der Waals surface area contributed by atoms with Crippen molar-refractivity contribution in [2.75, 3.05) is 25.2 Å². The van der Waals surface area contributed by atoms with Crippen LogP contribution >= 0.6 is 23.3 Å². The summed E-state index contributed by atoms with van der Waals surface area (Å²) in [7, 11) is 1.22. The van der Waals surface area contributed by atoms with Crippen molar-refractivity contribution in [2.45, 2.75) is 18.3 Å². The van der Waals surface area contributed by atoms with Gasteiger partial charge in [0.1, 0.15) is 25.1 Å². The van der Waals surface area contributed by atoms with Crippen LogP contribution in [-0.4, -0.2) is 74.6 Å². The van der Waals surface area contributed by atoms with Gasteiger partial charge in [0.25, 0.3) is 11.8 Å². The van der Waals surface area contributed by atoms with Gasteiger partial charge in [-0.2, -0.15) is 9.36 Å². The van der Waals surface area contributed by atoms with E-state index in [1.165, 1.54) is 25.8 Å². The summed E-state index contributed by atoms with van der Waals surface area (Å²) in [5.41, 5.74) is 5.09. The Bertz CT molecular complexity index is 981. The number of nitrogen functional groups attached to an aromatic ring is 1. The number of amides is 2. The number of hydrogen-bond donors (Lipinski definition) is 2. The molecule has 160 valence electrons. The van der Waals surface area contributed by atoms with Crippen molar-refractivity contribution >= 4 is 57.9 Å². The third-order valence-corrected chi connectivity index (χ3v) is 5.91. The normalized spacial score (nSPS) is 20.3. The van der Waals surface area contributed by atoms with Gasteiger partial charge in [-0.15, -0.1) is 11.8 Å². The van der Waals surface area contributed by atoms with Gasteiger partial charge in [-0.25, -0.2) is 0 Å². The molecule has 2 aliphatic rings. The number of esters is 1. The monoisotopic (exact) mass is 478 g/mol. The number of carboxylic acid groups (broad SMARTS) is 1. The fourth-order valence-corrected chi connectivity index (χ4v) is 4.55. The first-order valence-corrected chi connectivity index (χ1v) is 10.1. The molecule has 1 fully saturated rings. The molecular weight excluding hydrogens is 463 g/mol. The van der Waals surface area contributed by atoms with Crippen molar-refractivity contribution in [1.82, 2.24) is 19.6 Å². The maximum absolute atomic E-state index is 12.6. The number of β-lactam (4-membered cyclic amide) rings is 1. The molecule has 16 heteroatoms. The average Bonchev–Trinajstić information content (AvgIpc) is 3.13. The van der Waals surface area contributed by atoms with Crippen LogP contribution in [0.4, 0.5) is 5.13 Å². The number of nitrogens with zero attached hydrogens (tertiary/aromatic N) is 4. The van der Waals surface area contributed by atoms with Gasteiger partial charge < -0.3 is 30.5 Å². The molecule has 31 heavy (non-hydrogen) atoms. The summed E-state index contributed by atoms with van der Waals surface area (Å²) >= 11 is 2.05. The molecule has 2 aliphatic heterocycles. The Morgan fingerprint density at radius 2 is 2.13 bits per heavy atom. The van der Waals surface area contributed by atoms with Crippen molar-refractivity contribution in [3.8, 4) is 0 Å². The first-order valence-electron chi connectivity index (χ1n) is 8.27. The van der Waals surface area contributed by atoms with E-state index in [0.717, 1.165) is 16.4 Å². The van der Waals surface area contributed by atoms with E-state index in [1.807, 2.05) is 0 Å². The van der Waals surface area contributed by atoms with Crippen LogP contribution in [0.25, 0.3) is 0 Å². The second-order valence-corrected chi connectivity index (χ2v) is 7.85. The molecule has 3 N–H and O–H groups in total. The number of aromatic nitrogens is 2. The van der Waals surface area contributed by atoms with Gasteiger partial charge in [0.15, 0.2) is 5.13 Å². The van der Waals surface area contributed by atoms with Crippen molar-refractivity contribution in [3.05, 3.63) is 17.1 Å². The van der Waals surface area contributed by atoms with Crippen LogP contribution in [0.15, 0.2) is 16.4 Å². The van der Waals surface area contributed by atoms with E-state index in [-0.39, 0.29) is 69.9 Å². The number of carboxylic acids is 1. The molecule has 2 amide bonds. The number of ether oxygens (including phenoxy) is 1. The van der Waals surface area contributed by atoms with Gasteiger partial charge in [0.2, 0.25) is 11.5 Å². The summed E-state index contributed by atoms with van der Waals surface area (Å²) in [4.78, 5) is 57.3. The van der Waals surface area contributed by atoms with E-state index < -0.39 is 35.2 Å². The number of fused-ring (bicyclic) bond motifs is 1. The molecule has 0 radical (unpaired) electrons. The zero-order chi connectivity index (χ0) is 22.0. The number of thioether (sulfide) groups is 1.